The summed E-state index contributed by atoms with van der Waals surface area (Å²) in [5.41, 5.74) is 0.413. The van der Waals surface area contributed by atoms with Gasteiger partial charge in [-0.3, -0.25) is 4.79 Å². The molecule has 0 atom stereocenters. The van der Waals surface area contributed by atoms with Gasteiger partial charge < -0.3 is 10.4 Å². The predicted octanol–water partition coefficient (Wildman–Crippen LogP) is 3.89. The third kappa shape index (κ3) is 3.68. The van der Waals surface area contributed by atoms with Crippen molar-refractivity contribution < 1.29 is 19.1 Å². The van der Waals surface area contributed by atoms with Crippen LogP contribution in [-0.4, -0.2) is 17.0 Å². The Labute approximate surface area is 128 Å². The zero-order valence-electron chi connectivity index (χ0n) is 10.5. The monoisotopic (exact) mass is 325 g/mol. The van der Waals surface area contributed by atoms with Crippen molar-refractivity contribution >= 4 is 46.6 Å². The van der Waals surface area contributed by atoms with Crippen molar-refractivity contribution in [3.05, 3.63) is 57.0 Å². The number of anilines is 1. The van der Waals surface area contributed by atoms with Gasteiger partial charge in [-0.15, -0.1) is 11.3 Å². The van der Waals surface area contributed by atoms with Crippen molar-refractivity contribution in [2.75, 3.05) is 5.32 Å². The first-order valence-corrected chi connectivity index (χ1v) is 6.98. The van der Waals surface area contributed by atoms with Gasteiger partial charge >= 0.3 is 5.97 Å². The number of rotatable bonds is 4. The molecule has 2 rings (SSSR count). The summed E-state index contributed by atoms with van der Waals surface area (Å²) >= 11 is 6.76. The number of carboxylic acids is 1. The number of halogens is 2. The van der Waals surface area contributed by atoms with E-state index in [-0.39, 0.29) is 15.6 Å². The summed E-state index contributed by atoms with van der Waals surface area (Å²) in [6.45, 7) is 0. The molecular formula is C14H9ClFNO3S. The van der Waals surface area contributed by atoms with Crippen LogP contribution in [0.3, 0.4) is 0 Å². The summed E-state index contributed by atoms with van der Waals surface area (Å²) in [5.74, 6) is -2.36. The number of carbonyl (C=O) groups is 2. The molecule has 0 spiro atoms. The second-order valence-electron chi connectivity index (χ2n) is 3.93. The fraction of sp³-hybridized carbons (Fsp3) is 0. The van der Waals surface area contributed by atoms with E-state index in [1.54, 1.807) is 11.4 Å². The summed E-state index contributed by atoms with van der Waals surface area (Å²) in [7, 11) is 0. The Hall–Kier alpha value is -2.18. The van der Waals surface area contributed by atoms with Crippen molar-refractivity contribution in [2.45, 2.75) is 0 Å². The highest BCUT2D eigenvalue weighted by molar-refractivity contribution is 7.12. The summed E-state index contributed by atoms with van der Waals surface area (Å²) in [6, 6.07) is 5.88. The Kier molecular flexibility index (Phi) is 4.72. The molecule has 1 amide bonds. The zero-order chi connectivity index (χ0) is 15.4. The maximum absolute atomic E-state index is 13.7. The molecule has 0 fully saturated rings. The molecule has 2 N–H and O–H groups in total. The number of hydrogen-bond donors (Lipinski definition) is 2. The van der Waals surface area contributed by atoms with Crippen molar-refractivity contribution in [1.82, 2.24) is 0 Å². The minimum Gasteiger partial charge on any atom is -0.478 e. The summed E-state index contributed by atoms with van der Waals surface area (Å²) in [5, 5.41) is 12.6. The van der Waals surface area contributed by atoms with Crippen molar-refractivity contribution in [1.29, 1.82) is 0 Å². The van der Waals surface area contributed by atoms with Gasteiger partial charge in [-0.1, -0.05) is 17.7 Å². The first-order valence-electron chi connectivity index (χ1n) is 5.73. The molecule has 0 saturated heterocycles. The van der Waals surface area contributed by atoms with Gasteiger partial charge in [0.25, 0.3) is 5.91 Å². The summed E-state index contributed by atoms with van der Waals surface area (Å²) in [6.07, 6.45) is 2.24. The topological polar surface area (TPSA) is 66.4 Å². The van der Waals surface area contributed by atoms with Crippen molar-refractivity contribution in [3.63, 3.8) is 0 Å². The number of aliphatic carboxylic acids is 1. The number of hydrogen-bond acceptors (Lipinski definition) is 3. The SMILES string of the molecule is O=C(O)C=Cc1ccsc1C(=O)Nc1cccc(Cl)c1F. The third-order valence-corrected chi connectivity index (χ3v) is 3.73. The average molecular weight is 326 g/mol. The van der Waals surface area contributed by atoms with E-state index in [1.807, 2.05) is 0 Å². The highest BCUT2D eigenvalue weighted by atomic mass is 35.5. The van der Waals surface area contributed by atoms with Crippen molar-refractivity contribution in [3.8, 4) is 0 Å². The highest BCUT2D eigenvalue weighted by Crippen LogP contribution is 2.24. The smallest absolute Gasteiger partial charge is 0.328 e. The fourth-order valence-corrected chi connectivity index (χ4v) is 2.53. The Morgan fingerprint density at radius 3 is 2.81 bits per heavy atom. The lowest BCUT2D eigenvalue weighted by Crippen LogP contribution is -2.12. The lowest BCUT2D eigenvalue weighted by Gasteiger charge is -2.06. The molecule has 7 heteroatoms. The molecule has 1 aromatic heterocycles. The van der Waals surface area contributed by atoms with Crippen LogP contribution in [0.2, 0.25) is 5.02 Å². The summed E-state index contributed by atoms with van der Waals surface area (Å²) in [4.78, 5) is 22.9. The number of benzene rings is 1. The highest BCUT2D eigenvalue weighted by Gasteiger charge is 2.15. The van der Waals surface area contributed by atoms with Crippen molar-refractivity contribution in [2.24, 2.45) is 0 Å². The molecule has 21 heavy (non-hydrogen) atoms. The van der Waals surface area contributed by atoms with E-state index in [1.165, 1.54) is 24.3 Å². The number of thiophene rings is 1. The molecule has 1 aromatic carbocycles. The maximum atomic E-state index is 13.7. The zero-order valence-corrected chi connectivity index (χ0v) is 12.0. The number of nitrogens with one attached hydrogen (secondary N) is 1. The summed E-state index contributed by atoms with van der Waals surface area (Å²) < 4.78 is 13.7. The second-order valence-corrected chi connectivity index (χ2v) is 5.26. The molecule has 2 aromatic rings. The number of carbonyl (C=O) groups excluding carboxylic acids is 1. The van der Waals surface area contributed by atoms with Crippen LogP contribution >= 0.6 is 22.9 Å². The molecule has 0 saturated carbocycles. The van der Waals surface area contributed by atoms with E-state index < -0.39 is 17.7 Å². The van der Waals surface area contributed by atoms with Gasteiger partial charge in [0.2, 0.25) is 0 Å². The Morgan fingerprint density at radius 1 is 1.33 bits per heavy atom. The molecule has 1 heterocycles. The lowest BCUT2D eigenvalue weighted by molar-refractivity contribution is -0.131. The van der Waals surface area contributed by atoms with Gasteiger partial charge in [-0.05, 0) is 35.2 Å². The van der Waals surface area contributed by atoms with Crippen LogP contribution in [0.25, 0.3) is 6.08 Å². The van der Waals surface area contributed by atoms with Gasteiger partial charge in [0.05, 0.1) is 15.6 Å². The molecule has 0 aliphatic carbocycles. The first kappa shape index (κ1) is 15.2. The Balaban J connectivity index is 2.23. The van der Waals surface area contributed by atoms with Gasteiger partial charge in [0, 0.05) is 6.08 Å². The van der Waals surface area contributed by atoms with Gasteiger partial charge in [0.1, 0.15) is 0 Å². The van der Waals surface area contributed by atoms with E-state index >= 15 is 0 Å². The number of amides is 1. The van der Waals surface area contributed by atoms with E-state index in [0.29, 0.717) is 5.56 Å². The average Bonchev–Trinajstić information content (AvgIpc) is 2.90. The Morgan fingerprint density at radius 2 is 2.10 bits per heavy atom. The Bertz CT molecular complexity index is 727. The lowest BCUT2D eigenvalue weighted by atomic mass is 10.2. The normalized spacial score (nSPS) is 10.8. The minimum absolute atomic E-state index is 0.0333. The van der Waals surface area contributed by atoms with Crippen LogP contribution in [0.5, 0.6) is 0 Å². The number of carboxylic acid groups (broad SMARTS) is 1. The molecular weight excluding hydrogens is 317 g/mol. The second kappa shape index (κ2) is 6.51. The van der Waals surface area contributed by atoms with E-state index in [4.69, 9.17) is 16.7 Å². The largest absolute Gasteiger partial charge is 0.478 e. The molecule has 4 nitrogen and oxygen atoms in total. The third-order valence-electron chi connectivity index (χ3n) is 2.51. The first-order chi connectivity index (χ1) is 9.99. The molecule has 108 valence electrons. The van der Waals surface area contributed by atoms with Gasteiger partial charge in [-0.25, -0.2) is 9.18 Å². The molecule has 0 aliphatic rings. The quantitative estimate of drug-likeness (QED) is 0.838. The standard InChI is InChI=1S/C14H9ClFNO3S/c15-9-2-1-3-10(12(9)16)17-14(20)13-8(6-7-21-13)4-5-11(18)19/h1-7H,(H,17,20)(H,18,19). The van der Waals surface area contributed by atoms with E-state index in [9.17, 15) is 14.0 Å². The fourth-order valence-electron chi connectivity index (χ4n) is 1.58. The van der Waals surface area contributed by atoms with Crippen LogP contribution < -0.4 is 5.32 Å². The minimum atomic E-state index is -1.12. The van der Waals surface area contributed by atoms with Crippen LogP contribution in [-0.2, 0) is 4.79 Å². The van der Waals surface area contributed by atoms with Crippen LogP contribution in [0, 0.1) is 5.82 Å². The van der Waals surface area contributed by atoms with Crippen LogP contribution in [0.1, 0.15) is 15.2 Å². The molecule has 0 unspecified atom stereocenters. The van der Waals surface area contributed by atoms with Gasteiger partial charge in [-0.2, -0.15) is 0 Å². The van der Waals surface area contributed by atoms with Gasteiger partial charge in [0.15, 0.2) is 5.82 Å². The van der Waals surface area contributed by atoms with E-state index in [0.717, 1.165) is 17.4 Å². The molecule has 0 radical (unpaired) electrons. The predicted molar refractivity (Wildman–Crippen MR) is 80.4 cm³/mol. The van der Waals surface area contributed by atoms with E-state index in [2.05, 4.69) is 5.32 Å². The molecule has 0 aliphatic heterocycles. The van der Waals surface area contributed by atoms with Crippen LogP contribution in [0.4, 0.5) is 10.1 Å². The maximum Gasteiger partial charge on any atom is 0.328 e. The molecule has 0 bridgehead atoms. The van der Waals surface area contributed by atoms with Crippen LogP contribution in [0.15, 0.2) is 35.7 Å².